The van der Waals surface area contributed by atoms with Gasteiger partial charge in [-0.05, 0) is 6.92 Å². The maximum absolute atomic E-state index is 11.4. The fourth-order valence-corrected chi connectivity index (χ4v) is 0.356. The van der Waals surface area contributed by atoms with Crippen LogP contribution in [0.1, 0.15) is 6.92 Å². The minimum atomic E-state index is -4.36. The summed E-state index contributed by atoms with van der Waals surface area (Å²) in [7, 11) is 0. The predicted molar refractivity (Wildman–Crippen MR) is 31.2 cm³/mol. The van der Waals surface area contributed by atoms with Crippen LogP contribution in [0.15, 0.2) is 0 Å². The van der Waals surface area contributed by atoms with E-state index in [0.29, 0.717) is 0 Å². The molecule has 3 nitrogen and oxygen atoms in total. The van der Waals surface area contributed by atoms with Gasteiger partial charge in [0.05, 0.1) is 6.54 Å². The quantitative estimate of drug-likeness (QED) is 0.654. The molecular weight excluding hydrogens is 163 g/mol. The molecule has 0 rings (SSSR count). The molecule has 0 heterocycles. The minimum Gasteiger partial charge on any atom is -0.480 e. The molecule has 0 amide bonds. The Labute approximate surface area is 61.2 Å². The van der Waals surface area contributed by atoms with Crippen LogP contribution in [-0.4, -0.2) is 29.8 Å². The first-order valence-electron chi connectivity index (χ1n) is 2.86. The largest absolute Gasteiger partial charge is 0.480 e. The number of carbonyl (C=O) groups is 1. The van der Waals surface area contributed by atoms with Crippen molar-refractivity contribution in [3.05, 3.63) is 0 Å². The van der Waals surface area contributed by atoms with Gasteiger partial charge in [-0.2, -0.15) is 13.2 Å². The maximum Gasteiger partial charge on any atom is 0.401 e. The zero-order valence-electron chi connectivity index (χ0n) is 5.77. The van der Waals surface area contributed by atoms with Crippen LogP contribution in [0.5, 0.6) is 0 Å². The Morgan fingerprint density at radius 3 is 2.36 bits per heavy atom. The number of hydrogen-bond donors (Lipinski definition) is 2. The van der Waals surface area contributed by atoms with Crippen LogP contribution in [-0.2, 0) is 4.79 Å². The first-order valence-corrected chi connectivity index (χ1v) is 2.86. The lowest BCUT2D eigenvalue weighted by Crippen LogP contribution is -2.39. The van der Waals surface area contributed by atoms with Gasteiger partial charge in [-0.25, -0.2) is 0 Å². The molecule has 0 fully saturated rings. The van der Waals surface area contributed by atoms with Gasteiger partial charge in [-0.15, -0.1) is 0 Å². The van der Waals surface area contributed by atoms with Crippen molar-refractivity contribution in [2.75, 3.05) is 6.54 Å². The van der Waals surface area contributed by atoms with Crippen molar-refractivity contribution < 1.29 is 23.1 Å². The number of hydrogen-bond acceptors (Lipinski definition) is 2. The van der Waals surface area contributed by atoms with E-state index in [1.54, 1.807) is 5.32 Å². The van der Waals surface area contributed by atoms with Crippen LogP contribution >= 0.6 is 0 Å². The molecule has 1 unspecified atom stereocenters. The third kappa shape index (κ3) is 5.65. The van der Waals surface area contributed by atoms with Crippen LogP contribution < -0.4 is 5.32 Å². The lowest BCUT2D eigenvalue weighted by molar-refractivity contribution is -0.142. The zero-order chi connectivity index (χ0) is 9.07. The van der Waals surface area contributed by atoms with E-state index in [2.05, 4.69) is 0 Å². The summed E-state index contributed by atoms with van der Waals surface area (Å²) in [5.74, 6) is -1.30. The maximum atomic E-state index is 11.4. The summed E-state index contributed by atoms with van der Waals surface area (Å²) < 4.78 is 34.3. The molecule has 66 valence electrons. The molecule has 0 saturated carbocycles. The highest BCUT2D eigenvalue weighted by Gasteiger charge is 2.28. The second kappa shape index (κ2) is 3.56. The third-order valence-corrected chi connectivity index (χ3v) is 0.979. The fraction of sp³-hybridized carbons (Fsp3) is 0.800. The molecular formula is C5H8F3NO2. The molecule has 0 aromatic carbocycles. The molecule has 0 aromatic heterocycles. The molecule has 0 bridgehead atoms. The van der Waals surface area contributed by atoms with E-state index in [0.717, 1.165) is 6.92 Å². The molecule has 2 N–H and O–H groups in total. The molecule has 1 atom stereocenters. The fourth-order valence-electron chi connectivity index (χ4n) is 0.356. The van der Waals surface area contributed by atoms with E-state index in [4.69, 9.17) is 5.11 Å². The SMILES string of the molecule is CC(NCC(F)(F)F)C(=O)O. The molecule has 0 saturated heterocycles. The minimum absolute atomic E-state index is 1.15. The van der Waals surface area contributed by atoms with Gasteiger partial charge in [0, 0.05) is 0 Å². The molecule has 0 aliphatic carbocycles. The monoisotopic (exact) mass is 171 g/mol. The Balaban J connectivity index is 3.63. The Kier molecular flexibility index (Phi) is 3.31. The van der Waals surface area contributed by atoms with E-state index >= 15 is 0 Å². The first-order chi connectivity index (χ1) is 4.83. The summed E-state index contributed by atoms with van der Waals surface area (Å²) >= 11 is 0. The standard InChI is InChI=1S/C5H8F3NO2/c1-3(4(10)11)9-2-5(6,7)8/h3,9H,2H2,1H3,(H,10,11). The van der Waals surface area contributed by atoms with Gasteiger partial charge in [0.25, 0.3) is 0 Å². The van der Waals surface area contributed by atoms with Crippen LogP contribution in [0.25, 0.3) is 0 Å². The molecule has 6 heteroatoms. The van der Waals surface area contributed by atoms with Crippen LogP contribution in [0.2, 0.25) is 0 Å². The van der Waals surface area contributed by atoms with Crippen molar-refractivity contribution in [1.82, 2.24) is 5.32 Å². The van der Waals surface area contributed by atoms with E-state index in [9.17, 15) is 18.0 Å². The van der Waals surface area contributed by atoms with Gasteiger partial charge in [0.1, 0.15) is 6.04 Å². The van der Waals surface area contributed by atoms with Gasteiger partial charge in [-0.1, -0.05) is 0 Å². The molecule has 11 heavy (non-hydrogen) atoms. The smallest absolute Gasteiger partial charge is 0.401 e. The highest BCUT2D eigenvalue weighted by atomic mass is 19.4. The highest BCUT2D eigenvalue weighted by molar-refractivity contribution is 5.72. The van der Waals surface area contributed by atoms with E-state index < -0.39 is 24.7 Å². The molecule has 0 spiro atoms. The average Bonchev–Trinajstić information content (AvgIpc) is 1.80. The summed E-state index contributed by atoms with van der Waals surface area (Å²) in [6, 6.07) is -1.17. The van der Waals surface area contributed by atoms with Crippen molar-refractivity contribution in [3.8, 4) is 0 Å². The zero-order valence-corrected chi connectivity index (χ0v) is 5.77. The van der Waals surface area contributed by atoms with E-state index in [1.807, 2.05) is 0 Å². The summed E-state index contributed by atoms with van der Waals surface area (Å²) in [5.41, 5.74) is 0. The Hall–Kier alpha value is -0.780. The van der Waals surface area contributed by atoms with Crippen molar-refractivity contribution in [1.29, 1.82) is 0 Å². The van der Waals surface area contributed by atoms with Crippen LogP contribution in [0, 0.1) is 0 Å². The summed E-state index contributed by atoms with van der Waals surface area (Å²) in [4.78, 5) is 9.99. The van der Waals surface area contributed by atoms with Crippen molar-refractivity contribution >= 4 is 5.97 Å². The topological polar surface area (TPSA) is 49.3 Å². The molecule has 0 aliphatic rings. The Morgan fingerprint density at radius 2 is 2.09 bits per heavy atom. The lowest BCUT2D eigenvalue weighted by Gasteiger charge is -2.10. The van der Waals surface area contributed by atoms with Gasteiger partial charge in [0.15, 0.2) is 0 Å². The number of carboxylic acids is 1. The number of rotatable bonds is 3. The Morgan fingerprint density at radius 1 is 1.64 bits per heavy atom. The number of halogens is 3. The van der Waals surface area contributed by atoms with E-state index in [1.165, 1.54) is 0 Å². The summed E-state index contributed by atoms with van der Waals surface area (Å²) in [6.07, 6.45) is -4.36. The number of aliphatic carboxylic acids is 1. The number of alkyl halides is 3. The van der Waals surface area contributed by atoms with Gasteiger partial charge in [0.2, 0.25) is 0 Å². The van der Waals surface area contributed by atoms with Crippen molar-refractivity contribution in [2.24, 2.45) is 0 Å². The normalized spacial score (nSPS) is 14.5. The van der Waals surface area contributed by atoms with E-state index in [-0.39, 0.29) is 0 Å². The first kappa shape index (κ1) is 10.2. The second-order valence-electron chi connectivity index (χ2n) is 2.06. The molecule has 0 aromatic rings. The van der Waals surface area contributed by atoms with Gasteiger partial charge in [-0.3, -0.25) is 10.1 Å². The predicted octanol–water partition coefficient (Wildman–Crippen LogP) is 0.611. The van der Waals surface area contributed by atoms with Crippen molar-refractivity contribution in [2.45, 2.75) is 19.1 Å². The molecule has 0 radical (unpaired) electrons. The van der Waals surface area contributed by atoms with Crippen LogP contribution in [0.3, 0.4) is 0 Å². The summed E-state index contributed by atoms with van der Waals surface area (Å²) in [6.45, 7) is -0.130. The second-order valence-corrected chi connectivity index (χ2v) is 2.06. The highest BCUT2D eigenvalue weighted by Crippen LogP contribution is 2.12. The molecule has 0 aliphatic heterocycles. The van der Waals surface area contributed by atoms with Crippen molar-refractivity contribution in [3.63, 3.8) is 0 Å². The van der Waals surface area contributed by atoms with Gasteiger partial charge < -0.3 is 5.11 Å². The Bertz CT molecular complexity index is 145. The lowest BCUT2D eigenvalue weighted by atomic mass is 10.3. The number of nitrogens with one attached hydrogen (secondary N) is 1. The van der Waals surface area contributed by atoms with Crippen LogP contribution in [0.4, 0.5) is 13.2 Å². The third-order valence-electron chi connectivity index (χ3n) is 0.979. The average molecular weight is 171 g/mol. The summed E-state index contributed by atoms with van der Waals surface area (Å²) in [5, 5.41) is 9.95. The van der Waals surface area contributed by atoms with Gasteiger partial charge >= 0.3 is 12.1 Å². The number of carboxylic acid groups (broad SMARTS) is 1.